The van der Waals surface area contributed by atoms with E-state index in [-0.39, 0.29) is 0 Å². The van der Waals surface area contributed by atoms with Crippen LogP contribution in [0.3, 0.4) is 0 Å². The van der Waals surface area contributed by atoms with Gasteiger partial charge in [0.05, 0.1) is 25.0 Å². The second-order valence-electron chi connectivity index (χ2n) is 7.40. The molecule has 1 aliphatic heterocycles. The van der Waals surface area contributed by atoms with Gasteiger partial charge in [0.25, 0.3) is 0 Å². The highest BCUT2D eigenvalue weighted by molar-refractivity contribution is 5.85. The Morgan fingerprint density at radius 3 is 2.83 bits per heavy atom. The van der Waals surface area contributed by atoms with Crippen LogP contribution in [0.25, 0.3) is 16.7 Å². The van der Waals surface area contributed by atoms with Gasteiger partial charge in [-0.2, -0.15) is 0 Å². The fraction of sp³-hybridized carbons (Fsp3) is 0.240. The van der Waals surface area contributed by atoms with Crippen LogP contribution in [0, 0.1) is 6.92 Å². The summed E-state index contributed by atoms with van der Waals surface area (Å²) < 4.78 is 10.8. The van der Waals surface area contributed by atoms with Gasteiger partial charge in [0, 0.05) is 36.4 Å². The fourth-order valence-corrected chi connectivity index (χ4v) is 3.69. The predicted octanol–water partition coefficient (Wildman–Crippen LogP) is 5.12. The maximum Gasteiger partial charge on any atom is 0.144 e. The van der Waals surface area contributed by atoms with Gasteiger partial charge in [0.1, 0.15) is 11.5 Å². The minimum absolute atomic E-state index is 0.489. The van der Waals surface area contributed by atoms with Crippen molar-refractivity contribution in [3.8, 4) is 0 Å². The number of hydrogen-bond donors (Lipinski definition) is 1. The van der Waals surface area contributed by atoms with E-state index < -0.39 is 0 Å². The van der Waals surface area contributed by atoms with Gasteiger partial charge in [0.2, 0.25) is 0 Å². The van der Waals surface area contributed by atoms with Crippen LogP contribution in [0.2, 0.25) is 0 Å². The average Bonchev–Trinajstić information content (AvgIpc) is 2.78. The average molecular weight is 402 g/mol. The lowest BCUT2D eigenvalue weighted by Crippen LogP contribution is -2.36. The number of aryl methyl sites for hydroxylation is 1. The van der Waals surface area contributed by atoms with Gasteiger partial charge in [-0.15, -0.1) is 0 Å². The predicted molar refractivity (Wildman–Crippen MR) is 124 cm³/mol. The molecule has 4 rings (SSSR count). The fourth-order valence-electron chi connectivity index (χ4n) is 3.69. The molecule has 2 heterocycles. The summed E-state index contributed by atoms with van der Waals surface area (Å²) in [5.74, 6) is 0.489. The van der Waals surface area contributed by atoms with Crippen LogP contribution in [0.15, 0.2) is 68.0 Å². The number of morpholine rings is 1. The number of hydrogen-bond acceptors (Lipinski definition) is 5. The Labute approximate surface area is 177 Å². The van der Waals surface area contributed by atoms with Gasteiger partial charge in [-0.1, -0.05) is 30.9 Å². The molecule has 0 atom stereocenters. The zero-order valence-corrected chi connectivity index (χ0v) is 17.4. The van der Waals surface area contributed by atoms with Crippen molar-refractivity contribution in [1.29, 1.82) is 0 Å². The Kier molecular flexibility index (Phi) is 6.00. The van der Waals surface area contributed by atoms with Crippen molar-refractivity contribution in [3.05, 3.63) is 84.8 Å². The van der Waals surface area contributed by atoms with Crippen molar-refractivity contribution < 1.29 is 9.47 Å². The zero-order chi connectivity index (χ0) is 20.9. The molecule has 30 heavy (non-hydrogen) atoms. The molecule has 2 aromatic carbocycles. The molecule has 1 fully saturated rings. The largest absolute Gasteiger partial charge is 0.464 e. The van der Waals surface area contributed by atoms with Crippen LogP contribution >= 0.6 is 0 Å². The Balaban J connectivity index is 1.60. The molecule has 1 aromatic heterocycles. The number of pyridine rings is 1. The summed E-state index contributed by atoms with van der Waals surface area (Å²) in [5, 5.41) is 4.70. The first-order valence-electron chi connectivity index (χ1n) is 10.2. The molecule has 1 aliphatic rings. The van der Waals surface area contributed by atoms with Gasteiger partial charge in [-0.25, -0.2) is 4.98 Å². The summed E-state index contributed by atoms with van der Waals surface area (Å²) in [4.78, 5) is 7.06. The van der Waals surface area contributed by atoms with Gasteiger partial charge in [-0.3, -0.25) is 0 Å². The lowest BCUT2D eigenvalue weighted by molar-refractivity contribution is 0.122. The van der Waals surface area contributed by atoms with Crippen LogP contribution in [0.1, 0.15) is 16.8 Å². The maximum absolute atomic E-state index is 5.47. The second-order valence-corrected chi connectivity index (χ2v) is 7.40. The van der Waals surface area contributed by atoms with E-state index in [1.165, 1.54) is 17.5 Å². The summed E-state index contributed by atoms with van der Waals surface area (Å²) >= 11 is 0. The first-order valence-corrected chi connectivity index (χ1v) is 10.2. The van der Waals surface area contributed by atoms with Crippen molar-refractivity contribution in [2.75, 3.05) is 36.5 Å². The number of ether oxygens (including phenoxy) is 2. The highest BCUT2D eigenvalue weighted by Crippen LogP contribution is 2.26. The molecular formula is C25H27N3O2. The number of nitrogens with one attached hydrogen (secondary N) is 1. The van der Waals surface area contributed by atoms with Crippen molar-refractivity contribution >= 4 is 28.0 Å². The Hall–Kier alpha value is -3.31. The first kappa shape index (κ1) is 20.0. The summed E-state index contributed by atoms with van der Waals surface area (Å²) in [6, 6.07) is 16.8. The lowest BCUT2D eigenvalue weighted by atomic mass is 10.0. The SMILES string of the molecule is C=COC(=C)c1cc(CNc2cccc(N3CCOCC3)c2)c2cc(C)ccc2n1. The molecule has 0 bridgehead atoms. The van der Waals surface area contributed by atoms with Crippen LogP contribution < -0.4 is 10.2 Å². The van der Waals surface area contributed by atoms with Crippen molar-refractivity contribution in [2.24, 2.45) is 0 Å². The van der Waals surface area contributed by atoms with Crippen LogP contribution in [0.5, 0.6) is 0 Å². The standard InChI is InChI=1S/C25H27N3O2/c1-4-30-19(3)25-15-20(23-14-18(2)8-9-24(23)27-25)17-26-21-6-5-7-22(16-21)28-10-12-29-13-11-28/h4-9,14-16,26H,1,3,10-13,17H2,2H3. The minimum atomic E-state index is 0.489. The Morgan fingerprint density at radius 2 is 2.03 bits per heavy atom. The molecule has 154 valence electrons. The lowest BCUT2D eigenvalue weighted by Gasteiger charge is -2.29. The number of benzene rings is 2. The van der Waals surface area contributed by atoms with Crippen molar-refractivity contribution in [1.82, 2.24) is 4.98 Å². The molecule has 5 nitrogen and oxygen atoms in total. The molecule has 1 N–H and O–H groups in total. The quantitative estimate of drug-likeness (QED) is 0.557. The van der Waals surface area contributed by atoms with Gasteiger partial charge in [0.15, 0.2) is 0 Å². The number of nitrogens with zero attached hydrogens (tertiary/aromatic N) is 2. The molecule has 5 heteroatoms. The normalized spacial score (nSPS) is 13.8. The van der Waals surface area contributed by atoms with Crippen LogP contribution in [-0.4, -0.2) is 31.3 Å². The zero-order valence-electron chi connectivity index (χ0n) is 17.4. The molecule has 0 amide bonds. The topological polar surface area (TPSA) is 46.6 Å². The number of anilines is 2. The van der Waals surface area contributed by atoms with Gasteiger partial charge < -0.3 is 19.7 Å². The molecule has 0 aliphatic carbocycles. The van der Waals surface area contributed by atoms with Crippen LogP contribution in [0.4, 0.5) is 11.4 Å². The van der Waals surface area contributed by atoms with E-state index in [0.29, 0.717) is 18.0 Å². The summed E-state index contributed by atoms with van der Waals surface area (Å²) in [6.45, 7) is 13.7. The van der Waals surface area contributed by atoms with Gasteiger partial charge >= 0.3 is 0 Å². The highest BCUT2D eigenvalue weighted by Gasteiger charge is 2.12. The molecule has 0 spiro atoms. The van der Waals surface area contributed by atoms with Gasteiger partial charge in [-0.05, 0) is 48.9 Å². The monoisotopic (exact) mass is 401 g/mol. The summed E-state index contributed by atoms with van der Waals surface area (Å²) in [6.07, 6.45) is 1.37. The van der Waals surface area contributed by atoms with E-state index in [0.717, 1.165) is 48.5 Å². The first-order chi connectivity index (χ1) is 14.6. The van der Waals surface area contributed by atoms with Crippen molar-refractivity contribution in [2.45, 2.75) is 13.5 Å². The molecule has 1 saturated heterocycles. The third-order valence-corrected chi connectivity index (χ3v) is 5.27. The van der Waals surface area contributed by atoms with E-state index in [1.54, 1.807) is 0 Å². The third kappa shape index (κ3) is 4.47. The highest BCUT2D eigenvalue weighted by atomic mass is 16.5. The Bertz CT molecular complexity index is 1070. The molecular weight excluding hydrogens is 374 g/mol. The minimum Gasteiger partial charge on any atom is -0.464 e. The van der Waals surface area contributed by atoms with E-state index >= 15 is 0 Å². The van der Waals surface area contributed by atoms with E-state index in [1.807, 2.05) is 12.1 Å². The molecule has 0 unspecified atom stereocenters. The second kappa shape index (κ2) is 9.01. The molecule has 3 aromatic rings. The Morgan fingerprint density at radius 1 is 1.20 bits per heavy atom. The third-order valence-electron chi connectivity index (χ3n) is 5.27. The van der Waals surface area contributed by atoms with E-state index in [9.17, 15) is 0 Å². The summed E-state index contributed by atoms with van der Waals surface area (Å²) in [7, 11) is 0. The number of aromatic nitrogens is 1. The smallest absolute Gasteiger partial charge is 0.144 e. The van der Waals surface area contributed by atoms with E-state index in [2.05, 4.69) is 66.7 Å². The molecule has 0 radical (unpaired) electrons. The summed E-state index contributed by atoms with van der Waals surface area (Å²) in [5.41, 5.74) is 6.28. The number of fused-ring (bicyclic) bond motifs is 1. The van der Waals surface area contributed by atoms with Crippen molar-refractivity contribution in [3.63, 3.8) is 0 Å². The molecule has 0 saturated carbocycles. The van der Waals surface area contributed by atoms with Crippen LogP contribution in [-0.2, 0) is 16.0 Å². The maximum atomic E-state index is 5.47. The van der Waals surface area contributed by atoms with E-state index in [4.69, 9.17) is 14.5 Å². The number of rotatable bonds is 7.